The van der Waals surface area contributed by atoms with Crippen LogP contribution in [-0.4, -0.2) is 36.0 Å². The van der Waals surface area contributed by atoms with E-state index in [1.54, 1.807) is 16.8 Å². The Bertz CT molecular complexity index is 980. The van der Waals surface area contributed by atoms with Crippen molar-refractivity contribution in [1.82, 2.24) is 24.4 Å². The minimum atomic E-state index is -0.426. The van der Waals surface area contributed by atoms with Gasteiger partial charge >= 0.3 is 0 Å². The molecule has 0 saturated heterocycles. The van der Waals surface area contributed by atoms with E-state index in [0.717, 1.165) is 17.2 Å². The summed E-state index contributed by atoms with van der Waals surface area (Å²) in [5, 5.41) is 11.8. The van der Waals surface area contributed by atoms with Crippen LogP contribution in [0.25, 0.3) is 5.69 Å². The molecule has 27 heavy (non-hydrogen) atoms. The van der Waals surface area contributed by atoms with Gasteiger partial charge in [0.1, 0.15) is 5.78 Å². The van der Waals surface area contributed by atoms with Gasteiger partial charge in [0.05, 0.1) is 17.8 Å². The molecule has 0 spiro atoms. The predicted octanol–water partition coefficient (Wildman–Crippen LogP) is 3.28. The predicted molar refractivity (Wildman–Crippen MR) is 103 cm³/mol. The van der Waals surface area contributed by atoms with Gasteiger partial charge in [-0.25, -0.2) is 9.67 Å². The monoisotopic (exact) mass is 404 g/mol. The minimum absolute atomic E-state index is 0.000813. The second kappa shape index (κ2) is 7.93. The molecule has 2 heterocycles. The number of ketones is 1. The van der Waals surface area contributed by atoms with Crippen molar-refractivity contribution in [3.8, 4) is 5.69 Å². The molecule has 0 bridgehead atoms. The van der Waals surface area contributed by atoms with E-state index in [-0.39, 0.29) is 23.8 Å². The Morgan fingerprint density at radius 3 is 2.59 bits per heavy atom. The molecule has 3 aromatic rings. The number of hydrogen-bond acceptors (Lipinski definition) is 7. The van der Waals surface area contributed by atoms with Crippen LogP contribution in [0, 0.1) is 0 Å². The molecule has 0 atom stereocenters. The average molecular weight is 405 g/mol. The number of nitrogens with zero attached hydrogens (tertiary/aromatic N) is 5. The van der Waals surface area contributed by atoms with Crippen LogP contribution in [0.2, 0.25) is 5.02 Å². The van der Waals surface area contributed by atoms with Gasteiger partial charge in [-0.1, -0.05) is 30.7 Å². The lowest BCUT2D eigenvalue weighted by Crippen LogP contribution is -2.16. The molecule has 8 nitrogen and oxygen atoms in total. The van der Waals surface area contributed by atoms with Crippen molar-refractivity contribution in [3.05, 3.63) is 46.5 Å². The van der Waals surface area contributed by atoms with E-state index in [1.807, 2.05) is 26.0 Å². The molecule has 0 aliphatic heterocycles. The van der Waals surface area contributed by atoms with Crippen LogP contribution in [0.5, 0.6) is 0 Å². The number of anilines is 1. The van der Waals surface area contributed by atoms with E-state index in [4.69, 9.17) is 11.6 Å². The lowest BCUT2D eigenvalue weighted by molar-refractivity contribution is -0.116. The number of amides is 1. The molecule has 0 aliphatic carbocycles. The standard InChI is InChI=1S/C17H17ClN6O2S/c1-9(2)15-14(21-23-24(15)12-6-4-11(18)5-7-12)16(26)20-17-19-13(22-27-17)8-10(3)25/h4-7,9H,8H2,1-3H3,(H,19,20,22,26). The van der Waals surface area contributed by atoms with Gasteiger partial charge in [0, 0.05) is 16.6 Å². The molecule has 1 N–H and O–H groups in total. The van der Waals surface area contributed by atoms with Crippen molar-refractivity contribution in [2.75, 3.05) is 5.32 Å². The molecule has 2 aromatic heterocycles. The van der Waals surface area contributed by atoms with Crippen LogP contribution in [0.15, 0.2) is 24.3 Å². The zero-order valence-corrected chi connectivity index (χ0v) is 16.5. The number of Topliss-reactive ketones (excluding diaryl/α,β-unsaturated/α-hetero) is 1. The van der Waals surface area contributed by atoms with E-state index in [0.29, 0.717) is 21.7 Å². The lowest BCUT2D eigenvalue weighted by atomic mass is 10.1. The van der Waals surface area contributed by atoms with Gasteiger partial charge in [0.25, 0.3) is 5.91 Å². The summed E-state index contributed by atoms with van der Waals surface area (Å²) >= 11 is 6.96. The van der Waals surface area contributed by atoms with Crippen LogP contribution in [0.3, 0.4) is 0 Å². The number of aromatic nitrogens is 5. The molecule has 1 amide bonds. The summed E-state index contributed by atoms with van der Waals surface area (Å²) in [7, 11) is 0. The minimum Gasteiger partial charge on any atom is -0.300 e. The quantitative estimate of drug-likeness (QED) is 0.676. The maximum atomic E-state index is 12.7. The van der Waals surface area contributed by atoms with Crippen molar-refractivity contribution in [2.45, 2.75) is 33.1 Å². The van der Waals surface area contributed by atoms with Gasteiger partial charge in [-0.3, -0.25) is 14.9 Å². The van der Waals surface area contributed by atoms with Gasteiger partial charge in [-0.15, -0.1) is 5.10 Å². The van der Waals surface area contributed by atoms with Gasteiger partial charge in [-0.05, 0) is 37.1 Å². The first-order valence-electron chi connectivity index (χ1n) is 8.20. The second-order valence-corrected chi connectivity index (χ2v) is 7.40. The van der Waals surface area contributed by atoms with Crippen molar-refractivity contribution in [1.29, 1.82) is 0 Å². The van der Waals surface area contributed by atoms with Gasteiger partial charge < -0.3 is 0 Å². The third kappa shape index (κ3) is 4.37. The van der Waals surface area contributed by atoms with E-state index >= 15 is 0 Å². The number of halogens is 1. The Morgan fingerprint density at radius 1 is 1.26 bits per heavy atom. The molecule has 1 aromatic carbocycles. The number of carbonyl (C=O) groups is 2. The number of benzene rings is 1. The smallest absolute Gasteiger partial charge is 0.279 e. The molecule has 0 fully saturated rings. The van der Waals surface area contributed by atoms with Crippen LogP contribution < -0.4 is 5.32 Å². The molecule has 10 heteroatoms. The first kappa shape index (κ1) is 19.1. The second-order valence-electron chi connectivity index (χ2n) is 6.21. The van der Waals surface area contributed by atoms with Crippen LogP contribution in [-0.2, 0) is 11.2 Å². The summed E-state index contributed by atoms with van der Waals surface area (Å²) in [4.78, 5) is 28.0. The molecule has 0 unspecified atom stereocenters. The van der Waals surface area contributed by atoms with Gasteiger partial charge in [-0.2, -0.15) is 4.37 Å². The zero-order chi connectivity index (χ0) is 19.6. The Balaban J connectivity index is 1.87. The molecule has 0 aliphatic rings. The summed E-state index contributed by atoms with van der Waals surface area (Å²) < 4.78 is 5.69. The molecule has 140 valence electrons. The van der Waals surface area contributed by atoms with Crippen LogP contribution >= 0.6 is 23.1 Å². The molecule has 0 radical (unpaired) electrons. The van der Waals surface area contributed by atoms with Gasteiger partial charge in [0.2, 0.25) is 5.13 Å². The number of nitrogens with one attached hydrogen (secondary N) is 1. The molecule has 0 saturated carbocycles. The maximum Gasteiger partial charge on any atom is 0.279 e. The van der Waals surface area contributed by atoms with Crippen molar-refractivity contribution < 1.29 is 9.59 Å². The highest BCUT2D eigenvalue weighted by Gasteiger charge is 2.24. The third-order valence-corrected chi connectivity index (χ3v) is 4.55. The number of rotatable bonds is 6. The van der Waals surface area contributed by atoms with Crippen molar-refractivity contribution in [3.63, 3.8) is 0 Å². The highest BCUT2D eigenvalue weighted by atomic mass is 35.5. The van der Waals surface area contributed by atoms with E-state index < -0.39 is 5.91 Å². The SMILES string of the molecule is CC(=O)Cc1nsc(NC(=O)c2nnn(-c3ccc(Cl)cc3)c2C(C)C)n1. The lowest BCUT2D eigenvalue weighted by Gasteiger charge is -2.10. The molecule has 3 rings (SSSR count). The Kier molecular flexibility index (Phi) is 5.62. The summed E-state index contributed by atoms with van der Waals surface area (Å²) in [5.74, 6) is -0.0843. The fourth-order valence-electron chi connectivity index (χ4n) is 2.50. The summed E-state index contributed by atoms with van der Waals surface area (Å²) in [6, 6.07) is 7.12. The Hall–Kier alpha value is -2.65. The van der Waals surface area contributed by atoms with E-state index in [2.05, 4.69) is 25.0 Å². The van der Waals surface area contributed by atoms with Crippen molar-refractivity contribution >= 4 is 40.0 Å². The van der Waals surface area contributed by atoms with E-state index in [1.165, 1.54) is 6.92 Å². The Labute approximate surface area is 164 Å². The maximum absolute atomic E-state index is 12.7. The van der Waals surface area contributed by atoms with E-state index in [9.17, 15) is 9.59 Å². The summed E-state index contributed by atoms with van der Waals surface area (Å²) in [6.45, 7) is 5.37. The normalized spacial score (nSPS) is 11.0. The fourth-order valence-corrected chi connectivity index (χ4v) is 3.21. The largest absolute Gasteiger partial charge is 0.300 e. The van der Waals surface area contributed by atoms with Crippen molar-refractivity contribution in [2.24, 2.45) is 0 Å². The molecular formula is C17H17ClN6O2S. The third-order valence-electron chi connectivity index (χ3n) is 3.63. The van der Waals surface area contributed by atoms with Gasteiger partial charge in [0.15, 0.2) is 11.5 Å². The topological polar surface area (TPSA) is 103 Å². The number of hydrogen-bond donors (Lipinski definition) is 1. The van der Waals surface area contributed by atoms with Crippen LogP contribution in [0.4, 0.5) is 5.13 Å². The van der Waals surface area contributed by atoms with Crippen LogP contribution in [0.1, 0.15) is 48.7 Å². The average Bonchev–Trinajstić information content (AvgIpc) is 3.22. The highest BCUT2D eigenvalue weighted by Crippen LogP contribution is 2.23. The zero-order valence-electron chi connectivity index (χ0n) is 14.9. The molecular weight excluding hydrogens is 388 g/mol. The highest BCUT2D eigenvalue weighted by molar-refractivity contribution is 7.09. The summed E-state index contributed by atoms with van der Waals surface area (Å²) in [6.07, 6.45) is 0.135. The first-order chi connectivity index (χ1) is 12.8. The first-order valence-corrected chi connectivity index (χ1v) is 9.35. The fraction of sp³-hybridized carbons (Fsp3) is 0.294. The number of carbonyl (C=O) groups excluding carboxylic acids is 2. The summed E-state index contributed by atoms with van der Waals surface area (Å²) in [5.41, 5.74) is 1.64. The Morgan fingerprint density at radius 2 is 1.96 bits per heavy atom.